The molecule has 0 saturated heterocycles. The summed E-state index contributed by atoms with van der Waals surface area (Å²) in [6.07, 6.45) is 0.201. The Morgan fingerprint density at radius 1 is 1.26 bits per heavy atom. The van der Waals surface area contributed by atoms with E-state index in [1.807, 2.05) is 31.2 Å². The molecule has 0 amide bonds. The molecule has 0 spiro atoms. The Bertz CT molecular complexity index is 495. The van der Waals surface area contributed by atoms with Gasteiger partial charge >= 0.3 is 5.97 Å². The van der Waals surface area contributed by atoms with E-state index in [1.165, 1.54) is 0 Å². The Balaban J connectivity index is 2.92. The van der Waals surface area contributed by atoms with E-state index in [9.17, 15) is 9.59 Å². The number of nitrogens with one attached hydrogen (secondary N) is 1. The molecule has 5 heteroatoms. The molecule has 1 rings (SSSR count). The van der Waals surface area contributed by atoms with E-state index in [4.69, 9.17) is 4.74 Å². The Morgan fingerprint density at radius 2 is 1.95 bits per heavy atom. The minimum absolute atomic E-state index is 0.201. The fourth-order valence-electron chi connectivity index (χ4n) is 1.40. The molecular formula is C14H18N2O3. The van der Waals surface area contributed by atoms with E-state index in [0.29, 0.717) is 0 Å². The smallest absolute Gasteiger partial charge is 0.362 e. The first-order valence-corrected chi connectivity index (χ1v) is 6.19. The van der Waals surface area contributed by atoms with Crippen LogP contribution in [0.15, 0.2) is 29.4 Å². The summed E-state index contributed by atoms with van der Waals surface area (Å²) < 4.78 is 4.82. The zero-order valence-corrected chi connectivity index (χ0v) is 11.4. The standard InChI is InChI=1S/C14H18N2O3/c1-4-12(17)13(14(18)19-5-2)16-15-11-9-7-6-8-10(11)3/h6-9,15H,4-5H2,1-3H3. The third-order valence-corrected chi connectivity index (χ3v) is 2.49. The maximum atomic E-state index is 11.7. The lowest BCUT2D eigenvalue weighted by molar-refractivity contribution is -0.135. The third-order valence-electron chi connectivity index (χ3n) is 2.49. The van der Waals surface area contributed by atoms with Crippen molar-refractivity contribution in [3.8, 4) is 0 Å². The molecule has 0 aliphatic rings. The second-order valence-electron chi connectivity index (χ2n) is 3.88. The first-order valence-electron chi connectivity index (χ1n) is 6.19. The molecule has 0 aliphatic heterocycles. The Hall–Kier alpha value is -2.17. The van der Waals surface area contributed by atoms with Gasteiger partial charge in [0.25, 0.3) is 0 Å². The highest BCUT2D eigenvalue weighted by Crippen LogP contribution is 2.13. The molecule has 0 unspecified atom stereocenters. The second kappa shape index (κ2) is 7.31. The number of hydrogen-bond acceptors (Lipinski definition) is 5. The molecule has 1 aromatic carbocycles. The molecule has 19 heavy (non-hydrogen) atoms. The van der Waals surface area contributed by atoms with Gasteiger partial charge in [-0.1, -0.05) is 25.1 Å². The van der Waals surface area contributed by atoms with Crippen LogP contribution in [0.2, 0.25) is 0 Å². The number of esters is 1. The van der Waals surface area contributed by atoms with Crippen LogP contribution in [-0.4, -0.2) is 24.1 Å². The topological polar surface area (TPSA) is 67.8 Å². The summed E-state index contributed by atoms with van der Waals surface area (Å²) in [7, 11) is 0. The van der Waals surface area contributed by atoms with Crippen molar-refractivity contribution < 1.29 is 14.3 Å². The molecule has 1 N–H and O–H groups in total. The van der Waals surface area contributed by atoms with Crippen molar-refractivity contribution in [1.29, 1.82) is 0 Å². The van der Waals surface area contributed by atoms with Gasteiger partial charge in [-0.3, -0.25) is 10.2 Å². The number of hydrazone groups is 1. The number of para-hydroxylation sites is 1. The van der Waals surface area contributed by atoms with Crippen molar-refractivity contribution in [1.82, 2.24) is 0 Å². The minimum atomic E-state index is -0.699. The highest BCUT2D eigenvalue weighted by Gasteiger charge is 2.20. The summed E-state index contributed by atoms with van der Waals surface area (Å²) in [5.41, 5.74) is 4.25. The van der Waals surface area contributed by atoms with Gasteiger partial charge in [-0.15, -0.1) is 0 Å². The van der Waals surface area contributed by atoms with Crippen molar-refractivity contribution in [3.63, 3.8) is 0 Å². The van der Waals surface area contributed by atoms with E-state index in [2.05, 4.69) is 10.5 Å². The van der Waals surface area contributed by atoms with Crippen LogP contribution in [0, 0.1) is 6.92 Å². The van der Waals surface area contributed by atoms with Gasteiger partial charge in [0.05, 0.1) is 12.3 Å². The average molecular weight is 262 g/mol. The van der Waals surface area contributed by atoms with Crippen LogP contribution in [0.5, 0.6) is 0 Å². The molecule has 0 fully saturated rings. The van der Waals surface area contributed by atoms with Gasteiger partial charge in [0.15, 0.2) is 5.78 Å². The van der Waals surface area contributed by atoms with Gasteiger partial charge in [0, 0.05) is 6.42 Å². The van der Waals surface area contributed by atoms with Crippen LogP contribution in [0.25, 0.3) is 0 Å². The molecule has 0 aromatic heterocycles. The Morgan fingerprint density at radius 3 is 2.53 bits per heavy atom. The van der Waals surface area contributed by atoms with E-state index < -0.39 is 5.97 Å². The maximum Gasteiger partial charge on any atom is 0.362 e. The van der Waals surface area contributed by atoms with Gasteiger partial charge in [-0.2, -0.15) is 5.10 Å². The lowest BCUT2D eigenvalue weighted by Gasteiger charge is -2.07. The number of carbonyl (C=O) groups is 2. The predicted octanol–water partition coefficient (Wildman–Crippen LogP) is 2.31. The highest BCUT2D eigenvalue weighted by atomic mass is 16.5. The average Bonchev–Trinajstić information content (AvgIpc) is 2.41. The van der Waals surface area contributed by atoms with Crippen molar-refractivity contribution in [3.05, 3.63) is 29.8 Å². The predicted molar refractivity (Wildman–Crippen MR) is 74.2 cm³/mol. The van der Waals surface area contributed by atoms with Gasteiger partial charge in [0.2, 0.25) is 5.71 Å². The minimum Gasteiger partial charge on any atom is -0.461 e. The molecule has 0 aliphatic carbocycles. The van der Waals surface area contributed by atoms with Crippen molar-refractivity contribution >= 4 is 23.2 Å². The number of benzene rings is 1. The van der Waals surface area contributed by atoms with E-state index in [1.54, 1.807) is 13.8 Å². The number of hydrogen-bond donors (Lipinski definition) is 1. The van der Waals surface area contributed by atoms with Crippen LogP contribution in [-0.2, 0) is 14.3 Å². The lowest BCUT2D eigenvalue weighted by atomic mass is 10.2. The van der Waals surface area contributed by atoms with Crippen LogP contribution in [0.3, 0.4) is 0 Å². The SMILES string of the molecule is CCOC(=O)C(=NNc1ccccc1C)C(=O)CC. The largest absolute Gasteiger partial charge is 0.461 e. The van der Waals surface area contributed by atoms with Crippen molar-refractivity contribution in [2.75, 3.05) is 12.0 Å². The summed E-state index contributed by atoms with van der Waals surface area (Å²) >= 11 is 0. The quantitative estimate of drug-likeness (QED) is 0.370. The fourth-order valence-corrected chi connectivity index (χ4v) is 1.40. The molecular weight excluding hydrogens is 244 g/mol. The molecule has 1 aromatic rings. The van der Waals surface area contributed by atoms with Crippen LogP contribution >= 0.6 is 0 Å². The molecule has 0 bridgehead atoms. The zero-order valence-electron chi connectivity index (χ0n) is 11.4. The highest BCUT2D eigenvalue weighted by molar-refractivity contribution is 6.64. The number of anilines is 1. The number of nitrogens with zero attached hydrogens (tertiary/aromatic N) is 1. The molecule has 0 heterocycles. The summed E-state index contributed by atoms with van der Waals surface area (Å²) in [6, 6.07) is 7.46. The molecule has 0 atom stereocenters. The first kappa shape index (κ1) is 14.9. The number of carbonyl (C=O) groups excluding carboxylic acids is 2. The lowest BCUT2D eigenvalue weighted by Crippen LogP contribution is -2.27. The van der Waals surface area contributed by atoms with Gasteiger partial charge in [-0.05, 0) is 25.5 Å². The normalized spacial score (nSPS) is 11.0. The van der Waals surface area contributed by atoms with E-state index >= 15 is 0 Å². The summed E-state index contributed by atoms with van der Waals surface area (Å²) in [4.78, 5) is 23.3. The summed E-state index contributed by atoms with van der Waals surface area (Å²) in [6.45, 7) is 5.47. The second-order valence-corrected chi connectivity index (χ2v) is 3.88. The third kappa shape index (κ3) is 4.21. The number of ketones is 1. The van der Waals surface area contributed by atoms with Gasteiger partial charge in [0.1, 0.15) is 0 Å². The molecule has 5 nitrogen and oxygen atoms in total. The Kier molecular flexibility index (Phi) is 5.73. The molecule has 102 valence electrons. The van der Waals surface area contributed by atoms with Crippen molar-refractivity contribution in [2.45, 2.75) is 27.2 Å². The fraction of sp³-hybridized carbons (Fsp3) is 0.357. The van der Waals surface area contributed by atoms with Gasteiger partial charge in [-0.25, -0.2) is 4.79 Å². The van der Waals surface area contributed by atoms with Gasteiger partial charge < -0.3 is 4.74 Å². The van der Waals surface area contributed by atoms with Crippen LogP contribution in [0.1, 0.15) is 25.8 Å². The number of ether oxygens (including phenoxy) is 1. The summed E-state index contributed by atoms with van der Waals surface area (Å²) in [5, 5.41) is 3.89. The van der Waals surface area contributed by atoms with Crippen LogP contribution in [0.4, 0.5) is 5.69 Å². The van der Waals surface area contributed by atoms with Crippen LogP contribution < -0.4 is 5.43 Å². The van der Waals surface area contributed by atoms with E-state index in [0.717, 1.165) is 11.3 Å². The molecule has 0 radical (unpaired) electrons. The number of rotatable bonds is 6. The maximum absolute atomic E-state index is 11.7. The number of aryl methyl sites for hydroxylation is 1. The monoisotopic (exact) mass is 262 g/mol. The van der Waals surface area contributed by atoms with Crippen molar-refractivity contribution in [2.24, 2.45) is 5.10 Å². The number of Topliss-reactive ketones (excluding diaryl/α,β-unsaturated/α-hetero) is 1. The van der Waals surface area contributed by atoms with E-state index in [-0.39, 0.29) is 24.5 Å². The zero-order chi connectivity index (χ0) is 14.3. The Labute approximate surface area is 112 Å². The molecule has 0 saturated carbocycles. The first-order chi connectivity index (χ1) is 9.10. The summed E-state index contributed by atoms with van der Waals surface area (Å²) in [5.74, 6) is -1.05.